The smallest absolute Gasteiger partial charge is 0.0948 e. The molecule has 3 heteroatoms. The summed E-state index contributed by atoms with van der Waals surface area (Å²) in [7, 11) is 1.97. The first kappa shape index (κ1) is 9.26. The molecule has 12 heavy (non-hydrogen) atoms. The molecule has 0 radical (unpaired) electrons. The SMILES string of the molecule is CCn1cncc1C(C)(C)NC. The van der Waals surface area contributed by atoms with Gasteiger partial charge in [0.1, 0.15) is 0 Å². The molecule has 0 saturated carbocycles. The summed E-state index contributed by atoms with van der Waals surface area (Å²) in [6, 6.07) is 0. The van der Waals surface area contributed by atoms with E-state index in [1.165, 1.54) is 5.69 Å². The van der Waals surface area contributed by atoms with Crippen molar-refractivity contribution >= 4 is 0 Å². The molecule has 0 unspecified atom stereocenters. The molecule has 0 aliphatic carbocycles. The van der Waals surface area contributed by atoms with Crippen molar-refractivity contribution in [2.45, 2.75) is 32.9 Å². The lowest BCUT2D eigenvalue weighted by Crippen LogP contribution is -2.35. The van der Waals surface area contributed by atoms with Crippen LogP contribution in [0.15, 0.2) is 12.5 Å². The van der Waals surface area contributed by atoms with E-state index >= 15 is 0 Å². The van der Waals surface area contributed by atoms with Gasteiger partial charge in [0, 0.05) is 12.7 Å². The zero-order chi connectivity index (χ0) is 9.19. The molecule has 1 aromatic rings. The Hall–Kier alpha value is -0.830. The topological polar surface area (TPSA) is 29.9 Å². The highest BCUT2D eigenvalue weighted by Crippen LogP contribution is 2.18. The summed E-state index contributed by atoms with van der Waals surface area (Å²) in [6.45, 7) is 7.39. The van der Waals surface area contributed by atoms with Crippen LogP contribution in [-0.2, 0) is 12.1 Å². The molecule has 0 aromatic carbocycles. The van der Waals surface area contributed by atoms with Gasteiger partial charge < -0.3 is 9.88 Å². The van der Waals surface area contributed by atoms with Crippen LogP contribution in [0, 0.1) is 0 Å². The predicted octanol–water partition coefficient (Wildman–Crippen LogP) is 1.36. The van der Waals surface area contributed by atoms with Gasteiger partial charge in [0.2, 0.25) is 0 Å². The van der Waals surface area contributed by atoms with Gasteiger partial charge in [0.15, 0.2) is 0 Å². The van der Waals surface area contributed by atoms with Gasteiger partial charge in [-0.05, 0) is 27.8 Å². The number of nitrogens with one attached hydrogen (secondary N) is 1. The van der Waals surface area contributed by atoms with Crippen molar-refractivity contribution in [3.8, 4) is 0 Å². The van der Waals surface area contributed by atoms with Gasteiger partial charge in [-0.15, -0.1) is 0 Å². The molecule has 0 saturated heterocycles. The summed E-state index contributed by atoms with van der Waals surface area (Å²) in [5.74, 6) is 0. The molecule has 0 amide bonds. The van der Waals surface area contributed by atoms with Gasteiger partial charge in [-0.1, -0.05) is 0 Å². The van der Waals surface area contributed by atoms with Crippen LogP contribution in [0.2, 0.25) is 0 Å². The number of aryl methyl sites for hydroxylation is 1. The second-order valence-corrected chi connectivity index (χ2v) is 3.44. The maximum absolute atomic E-state index is 4.13. The van der Waals surface area contributed by atoms with Crippen molar-refractivity contribution in [2.24, 2.45) is 0 Å². The molecule has 1 heterocycles. The first-order valence-corrected chi connectivity index (χ1v) is 4.31. The first-order valence-electron chi connectivity index (χ1n) is 4.31. The Morgan fingerprint density at radius 2 is 2.25 bits per heavy atom. The highest BCUT2D eigenvalue weighted by atomic mass is 15.1. The van der Waals surface area contributed by atoms with Crippen molar-refractivity contribution < 1.29 is 0 Å². The Morgan fingerprint density at radius 1 is 1.58 bits per heavy atom. The minimum atomic E-state index is 0.00646. The zero-order valence-electron chi connectivity index (χ0n) is 8.26. The van der Waals surface area contributed by atoms with E-state index in [0.717, 1.165) is 6.54 Å². The Morgan fingerprint density at radius 3 is 2.75 bits per heavy atom. The van der Waals surface area contributed by atoms with Gasteiger partial charge in [0.05, 0.1) is 17.6 Å². The van der Waals surface area contributed by atoms with Crippen LogP contribution in [0.5, 0.6) is 0 Å². The van der Waals surface area contributed by atoms with Crippen LogP contribution in [0.4, 0.5) is 0 Å². The van der Waals surface area contributed by atoms with Gasteiger partial charge in [-0.2, -0.15) is 0 Å². The van der Waals surface area contributed by atoms with Gasteiger partial charge >= 0.3 is 0 Å². The lowest BCUT2D eigenvalue weighted by atomic mass is 10.0. The molecule has 0 bridgehead atoms. The highest BCUT2D eigenvalue weighted by Gasteiger charge is 2.21. The van der Waals surface area contributed by atoms with Crippen molar-refractivity contribution in [1.29, 1.82) is 0 Å². The van der Waals surface area contributed by atoms with Crippen molar-refractivity contribution in [2.75, 3.05) is 7.05 Å². The molecule has 0 aliphatic heterocycles. The van der Waals surface area contributed by atoms with Crippen LogP contribution in [-0.4, -0.2) is 16.6 Å². The number of imidazole rings is 1. The number of rotatable bonds is 3. The maximum Gasteiger partial charge on any atom is 0.0948 e. The third kappa shape index (κ3) is 1.50. The zero-order valence-corrected chi connectivity index (χ0v) is 8.26. The Bertz CT molecular complexity index is 250. The third-order valence-electron chi connectivity index (χ3n) is 2.32. The summed E-state index contributed by atoms with van der Waals surface area (Å²) in [5.41, 5.74) is 1.24. The highest BCUT2D eigenvalue weighted by molar-refractivity contribution is 5.10. The van der Waals surface area contributed by atoms with E-state index in [0.29, 0.717) is 0 Å². The summed E-state index contributed by atoms with van der Waals surface area (Å²) in [6.07, 6.45) is 3.79. The van der Waals surface area contributed by atoms with Gasteiger partial charge in [0.25, 0.3) is 0 Å². The fourth-order valence-electron chi connectivity index (χ4n) is 1.22. The number of aromatic nitrogens is 2. The molecule has 1 aromatic heterocycles. The normalized spacial score (nSPS) is 12.0. The maximum atomic E-state index is 4.13. The summed E-state index contributed by atoms with van der Waals surface area (Å²) < 4.78 is 2.15. The van der Waals surface area contributed by atoms with Crippen LogP contribution in [0.3, 0.4) is 0 Å². The van der Waals surface area contributed by atoms with Crippen molar-refractivity contribution in [3.63, 3.8) is 0 Å². The number of nitrogens with zero attached hydrogens (tertiary/aromatic N) is 2. The Kier molecular flexibility index (Phi) is 2.52. The Balaban J connectivity index is 3.00. The van der Waals surface area contributed by atoms with E-state index in [4.69, 9.17) is 0 Å². The van der Waals surface area contributed by atoms with Crippen LogP contribution >= 0.6 is 0 Å². The van der Waals surface area contributed by atoms with Crippen molar-refractivity contribution in [3.05, 3.63) is 18.2 Å². The average Bonchev–Trinajstić information content (AvgIpc) is 2.52. The fraction of sp³-hybridized carbons (Fsp3) is 0.667. The van der Waals surface area contributed by atoms with Gasteiger partial charge in [-0.3, -0.25) is 0 Å². The summed E-state index contributed by atoms with van der Waals surface area (Å²) in [5, 5.41) is 3.26. The molecule has 0 fully saturated rings. The number of hydrogen-bond acceptors (Lipinski definition) is 2. The third-order valence-corrected chi connectivity index (χ3v) is 2.32. The van der Waals surface area contributed by atoms with Crippen LogP contribution in [0.1, 0.15) is 26.5 Å². The molecular weight excluding hydrogens is 150 g/mol. The largest absolute Gasteiger partial charge is 0.333 e. The van der Waals surface area contributed by atoms with E-state index < -0.39 is 0 Å². The molecule has 1 rings (SSSR count). The molecule has 0 atom stereocenters. The minimum absolute atomic E-state index is 0.00646. The standard InChI is InChI=1S/C9H17N3/c1-5-12-7-11-6-8(12)9(2,3)10-4/h6-7,10H,5H2,1-4H3. The minimum Gasteiger partial charge on any atom is -0.333 e. The lowest BCUT2D eigenvalue weighted by Gasteiger charge is -2.24. The monoisotopic (exact) mass is 167 g/mol. The molecule has 3 nitrogen and oxygen atoms in total. The second kappa shape index (κ2) is 3.27. The molecule has 0 spiro atoms. The summed E-state index contributed by atoms with van der Waals surface area (Å²) >= 11 is 0. The van der Waals surface area contributed by atoms with E-state index in [1.54, 1.807) is 0 Å². The summed E-state index contributed by atoms with van der Waals surface area (Å²) in [4.78, 5) is 4.13. The van der Waals surface area contributed by atoms with E-state index in [-0.39, 0.29) is 5.54 Å². The first-order chi connectivity index (χ1) is 5.61. The second-order valence-electron chi connectivity index (χ2n) is 3.44. The Labute approximate surface area is 73.8 Å². The number of hydrogen-bond donors (Lipinski definition) is 1. The lowest BCUT2D eigenvalue weighted by molar-refractivity contribution is 0.411. The molecule has 68 valence electrons. The van der Waals surface area contributed by atoms with E-state index in [1.807, 2.05) is 19.6 Å². The molecule has 1 N–H and O–H groups in total. The van der Waals surface area contributed by atoms with E-state index in [2.05, 4.69) is 35.6 Å². The van der Waals surface area contributed by atoms with Crippen LogP contribution in [0.25, 0.3) is 0 Å². The van der Waals surface area contributed by atoms with E-state index in [9.17, 15) is 0 Å². The van der Waals surface area contributed by atoms with Crippen LogP contribution < -0.4 is 5.32 Å². The molecule has 0 aliphatic rings. The van der Waals surface area contributed by atoms with Gasteiger partial charge in [-0.25, -0.2) is 4.98 Å². The van der Waals surface area contributed by atoms with Crippen molar-refractivity contribution in [1.82, 2.24) is 14.9 Å². The fourth-order valence-corrected chi connectivity index (χ4v) is 1.22. The average molecular weight is 167 g/mol. The quantitative estimate of drug-likeness (QED) is 0.736. The predicted molar refractivity (Wildman–Crippen MR) is 50.0 cm³/mol. The molecular formula is C9H17N3.